The van der Waals surface area contributed by atoms with Gasteiger partial charge in [-0.1, -0.05) is 60.7 Å². The molecule has 6 rings (SSSR count). The molecular formula is C29H20I2N2. The number of rotatable bonds is 2. The van der Waals surface area contributed by atoms with Crippen molar-refractivity contribution in [2.45, 2.75) is 19.3 Å². The average Bonchev–Trinajstić information content (AvgIpc) is 3.11. The van der Waals surface area contributed by atoms with Crippen LogP contribution in [0.5, 0.6) is 0 Å². The maximum atomic E-state index is 5.31. The molecule has 0 fully saturated rings. The molecule has 0 amide bonds. The Morgan fingerprint density at radius 1 is 0.636 bits per heavy atom. The van der Waals surface area contributed by atoms with Crippen molar-refractivity contribution in [2.24, 2.45) is 0 Å². The van der Waals surface area contributed by atoms with E-state index in [0.717, 1.165) is 28.0 Å². The molecule has 4 aromatic carbocycles. The van der Waals surface area contributed by atoms with Crippen LogP contribution >= 0.6 is 45.2 Å². The third-order valence-corrected chi connectivity index (χ3v) is 9.11. The number of fused-ring (bicyclic) bond motifs is 4. The zero-order chi connectivity index (χ0) is 22.7. The molecule has 0 atom stereocenters. The Morgan fingerprint density at radius 2 is 1.18 bits per heavy atom. The van der Waals surface area contributed by atoms with Crippen molar-refractivity contribution in [3.63, 3.8) is 0 Å². The van der Waals surface area contributed by atoms with E-state index in [1.165, 1.54) is 35.0 Å². The first-order valence-electron chi connectivity index (χ1n) is 10.9. The molecular weight excluding hydrogens is 630 g/mol. The highest BCUT2D eigenvalue weighted by atomic mass is 127. The largest absolute Gasteiger partial charge is 0.247 e. The van der Waals surface area contributed by atoms with Crippen LogP contribution in [0.1, 0.15) is 33.5 Å². The molecule has 4 heteroatoms. The third-order valence-electron chi connectivity index (χ3n) is 6.69. The van der Waals surface area contributed by atoms with Crippen molar-refractivity contribution in [2.75, 3.05) is 0 Å². The first kappa shape index (κ1) is 21.2. The second-order valence-electron chi connectivity index (χ2n) is 8.63. The summed E-state index contributed by atoms with van der Waals surface area (Å²) < 4.78 is 2.53. The Kier molecular flexibility index (Phi) is 5.07. The molecule has 160 valence electrons. The predicted octanol–water partition coefficient (Wildman–Crippen LogP) is 7.82. The number of aryl methyl sites for hydroxylation is 2. The van der Waals surface area contributed by atoms with Gasteiger partial charge in [0.25, 0.3) is 0 Å². The normalized spacial score (nSPS) is 13.7. The Hall–Kier alpha value is -2.32. The Labute approximate surface area is 220 Å². The highest BCUT2D eigenvalue weighted by Crippen LogP contribution is 2.55. The van der Waals surface area contributed by atoms with Crippen molar-refractivity contribution in [3.05, 3.63) is 126 Å². The SMILES string of the molecule is Cc1cc(C2(c3ccc(I)c(C)c3)c3ccccc3-c3nc4ccccc4nc32)ccc1I. The van der Waals surface area contributed by atoms with E-state index in [-0.39, 0.29) is 0 Å². The number of hydrogen-bond acceptors (Lipinski definition) is 2. The van der Waals surface area contributed by atoms with Gasteiger partial charge in [-0.25, -0.2) is 9.97 Å². The van der Waals surface area contributed by atoms with Gasteiger partial charge < -0.3 is 0 Å². The summed E-state index contributed by atoms with van der Waals surface area (Å²) >= 11 is 4.83. The van der Waals surface area contributed by atoms with Crippen LogP contribution in [0.3, 0.4) is 0 Å². The molecule has 0 unspecified atom stereocenters. The summed E-state index contributed by atoms with van der Waals surface area (Å²) in [4.78, 5) is 10.5. The molecule has 0 saturated carbocycles. The fourth-order valence-corrected chi connectivity index (χ4v) is 5.77. The number of halogens is 2. The molecule has 0 bridgehead atoms. The van der Waals surface area contributed by atoms with Crippen LogP contribution in [0.4, 0.5) is 0 Å². The fourth-order valence-electron chi connectivity index (χ4n) is 5.10. The van der Waals surface area contributed by atoms with E-state index >= 15 is 0 Å². The minimum absolute atomic E-state index is 0.521. The zero-order valence-corrected chi connectivity index (χ0v) is 22.5. The molecule has 0 N–H and O–H groups in total. The summed E-state index contributed by atoms with van der Waals surface area (Å²) in [6.45, 7) is 4.37. The lowest BCUT2D eigenvalue weighted by Crippen LogP contribution is -2.30. The van der Waals surface area contributed by atoms with Gasteiger partial charge in [-0.2, -0.15) is 0 Å². The zero-order valence-electron chi connectivity index (χ0n) is 18.2. The van der Waals surface area contributed by atoms with Crippen LogP contribution in [0.25, 0.3) is 22.3 Å². The van der Waals surface area contributed by atoms with E-state index in [2.05, 4.69) is 132 Å². The van der Waals surface area contributed by atoms with E-state index in [1.807, 2.05) is 12.1 Å². The topological polar surface area (TPSA) is 25.8 Å². The van der Waals surface area contributed by atoms with Gasteiger partial charge in [-0.3, -0.25) is 0 Å². The maximum absolute atomic E-state index is 5.31. The van der Waals surface area contributed by atoms with Crippen molar-refractivity contribution in [3.8, 4) is 11.3 Å². The standard InChI is InChI=1S/C29H20I2N2/c1-17-15-19(11-13-23(17)30)29(20-12-14-24(31)18(2)16-20)22-8-4-3-7-21(22)27-28(29)33-26-10-6-5-9-25(26)32-27/h3-16H,1-2H3. The van der Waals surface area contributed by atoms with Crippen LogP contribution in [0.2, 0.25) is 0 Å². The van der Waals surface area contributed by atoms with Crippen LogP contribution in [0, 0.1) is 21.0 Å². The maximum Gasteiger partial charge on any atom is 0.0944 e. The number of aromatic nitrogens is 2. The molecule has 0 saturated heterocycles. The predicted molar refractivity (Wildman–Crippen MR) is 152 cm³/mol. The van der Waals surface area contributed by atoms with Gasteiger partial charge in [0.05, 0.1) is 27.8 Å². The lowest BCUT2D eigenvalue weighted by atomic mass is 9.69. The van der Waals surface area contributed by atoms with Crippen molar-refractivity contribution in [1.29, 1.82) is 0 Å². The Bertz CT molecular complexity index is 1520. The minimum atomic E-state index is -0.521. The van der Waals surface area contributed by atoms with Gasteiger partial charge in [0.15, 0.2) is 0 Å². The first-order chi connectivity index (χ1) is 16.0. The third kappa shape index (κ3) is 3.10. The Balaban J connectivity index is 1.82. The van der Waals surface area contributed by atoms with Gasteiger partial charge in [0, 0.05) is 12.7 Å². The van der Waals surface area contributed by atoms with E-state index in [0.29, 0.717) is 0 Å². The summed E-state index contributed by atoms with van der Waals surface area (Å²) in [6.07, 6.45) is 0. The number of para-hydroxylation sites is 2. The number of nitrogens with zero attached hydrogens (tertiary/aromatic N) is 2. The minimum Gasteiger partial charge on any atom is -0.247 e. The lowest BCUT2D eigenvalue weighted by Gasteiger charge is -2.33. The second kappa shape index (κ2) is 7.87. The lowest BCUT2D eigenvalue weighted by molar-refractivity contribution is 0.737. The molecule has 1 aliphatic carbocycles. The van der Waals surface area contributed by atoms with Crippen LogP contribution in [0.15, 0.2) is 84.9 Å². The molecule has 1 aliphatic rings. The molecule has 0 spiro atoms. The van der Waals surface area contributed by atoms with Crippen molar-refractivity contribution in [1.82, 2.24) is 9.97 Å². The van der Waals surface area contributed by atoms with Gasteiger partial charge >= 0.3 is 0 Å². The van der Waals surface area contributed by atoms with Crippen LogP contribution in [-0.2, 0) is 5.41 Å². The van der Waals surface area contributed by atoms with E-state index in [4.69, 9.17) is 9.97 Å². The summed E-state index contributed by atoms with van der Waals surface area (Å²) in [5.41, 5.74) is 10.8. The van der Waals surface area contributed by atoms with Gasteiger partial charge in [0.2, 0.25) is 0 Å². The molecule has 5 aromatic rings. The van der Waals surface area contributed by atoms with Crippen LogP contribution in [-0.4, -0.2) is 9.97 Å². The molecule has 0 radical (unpaired) electrons. The van der Waals surface area contributed by atoms with Crippen molar-refractivity contribution >= 4 is 56.2 Å². The highest BCUT2D eigenvalue weighted by molar-refractivity contribution is 14.1. The smallest absolute Gasteiger partial charge is 0.0944 e. The van der Waals surface area contributed by atoms with Gasteiger partial charge in [-0.05, 0) is 111 Å². The first-order valence-corrected chi connectivity index (χ1v) is 13.1. The summed E-state index contributed by atoms with van der Waals surface area (Å²) in [6, 6.07) is 30.5. The molecule has 33 heavy (non-hydrogen) atoms. The van der Waals surface area contributed by atoms with E-state index in [9.17, 15) is 0 Å². The second-order valence-corrected chi connectivity index (χ2v) is 11.0. The summed E-state index contributed by atoms with van der Waals surface area (Å²) in [5.74, 6) is 0. The van der Waals surface area contributed by atoms with Crippen molar-refractivity contribution < 1.29 is 0 Å². The van der Waals surface area contributed by atoms with E-state index in [1.54, 1.807) is 0 Å². The molecule has 1 aromatic heterocycles. The molecule has 2 nitrogen and oxygen atoms in total. The monoisotopic (exact) mass is 650 g/mol. The highest BCUT2D eigenvalue weighted by Gasteiger charge is 2.48. The van der Waals surface area contributed by atoms with Gasteiger partial charge in [0.1, 0.15) is 0 Å². The van der Waals surface area contributed by atoms with Gasteiger partial charge in [-0.15, -0.1) is 0 Å². The molecule has 0 aliphatic heterocycles. The summed E-state index contributed by atoms with van der Waals surface area (Å²) in [7, 11) is 0. The molecule has 1 heterocycles. The average molecular weight is 650 g/mol. The number of benzene rings is 4. The fraction of sp³-hybridized carbons (Fsp3) is 0.103. The number of hydrogen-bond donors (Lipinski definition) is 0. The summed E-state index contributed by atoms with van der Waals surface area (Å²) in [5, 5.41) is 0. The quantitative estimate of drug-likeness (QED) is 0.179. The van der Waals surface area contributed by atoms with E-state index < -0.39 is 5.41 Å². The Morgan fingerprint density at radius 3 is 1.79 bits per heavy atom. The van der Waals surface area contributed by atoms with Crippen LogP contribution < -0.4 is 0 Å².